The molecule has 1 aliphatic heterocycles. The molecule has 0 bridgehead atoms. The molecule has 6 rings (SSSR count). The van der Waals surface area contributed by atoms with Crippen LogP contribution in [0.4, 0.5) is 8.78 Å². The molecule has 0 radical (unpaired) electrons. The lowest BCUT2D eigenvalue weighted by atomic mass is 9.46. The highest BCUT2D eigenvalue weighted by atomic mass is 19.1. The van der Waals surface area contributed by atoms with E-state index < -0.39 is 59.3 Å². The number of carbonyl (C=O) groups is 2. The summed E-state index contributed by atoms with van der Waals surface area (Å²) in [6.07, 6.45) is 1.04. The average molecular weight is 545 g/mol. The van der Waals surface area contributed by atoms with Crippen LogP contribution in [0.15, 0.2) is 42.0 Å². The maximum Gasteiger partial charge on any atom is 0.193 e. The van der Waals surface area contributed by atoms with E-state index in [-0.39, 0.29) is 43.0 Å². The fourth-order valence-corrected chi connectivity index (χ4v) is 8.83. The average Bonchev–Trinajstić information content (AvgIpc) is 3.39. The van der Waals surface area contributed by atoms with Crippen molar-refractivity contribution in [3.05, 3.63) is 58.9 Å². The number of alkyl halides is 1. The number of hydrogen-bond acceptors (Lipinski definition) is 7. The predicted octanol–water partition coefficient (Wildman–Crippen LogP) is 3.52. The predicted molar refractivity (Wildman–Crippen MR) is 134 cm³/mol. The molecular formula is C30H34F2O7. The molecule has 0 spiro atoms. The molecule has 3 saturated carbocycles. The Morgan fingerprint density at radius 3 is 2.72 bits per heavy atom. The van der Waals surface area contributed by atoms with Crippen LogP contribution in [0.5, 0.6) is 0 Å². The molecule has 0 amide bonds. The summed E-state index contributed by atoms with van der Waals surface area (Å²) in [5.74, 6) is -2.26. The third-order valence-electron chi connectivity index (χ3n) is 10.4. The number of allylic oxidation sites excluding steroid dienone is 4. The first-order valence-electron chi connectivity index (χ1n) is 13.5. The number of hydrogen-bond donors (Lipinski definition) is 2. The molecule has 7 nitrogen and oxygen atoms in total. The third kappa shape index (κ3) is 3.56. The topological polar surface area (TPSA) is 102 Å². The lowest BCUT2D eigenvalue weighted by molar-refractivity contribution is -0.203. The van der Waals surface area contributed by atoms with Crippen LogP contribution >= 0.6 is 0 Å². The Morgan fingerprint density at radius 1 is 1.26 bits per heavy atom. The largest absolute Gasteiger partial charge is 0.393 e. The minimum Gasteiger partial charge on any atom is -0.393 e. The number of Topliss-reactive ketones (excluding diaryl/α,β-unsaturated/α-hetero) is 1. The van der Waals surface area contributed by atoms with Gasteiger partial charge in [-0.2, -0.15) is 0 Å². The SMILES string of the molecule is COCc1ccc([C@@H]2O[C@@H]3CC4C5C[C@H](F)C6=CC(=O)C=CC6(C)C5C(O)CC4(C)[C@]3(C(=O)CO)O2)cc1F. The third-order valence-corrected chi connectivity index (χ3v) is 10.4. The van der Waals surface area contributed by atoms with Gasteiger partial charge in [0, 0.05) is 35.0 Å². The zero-order valence-electron chi connectivity index (χ0n) is 22.2. The zero-order chi connectivity index (χ0) is 27.9. The van der Waals surface area contributed by atoms with E-state index in [4.69, 9.17) is 14.2 Å². The van der Waals surface area contributed by atoms with Crippen LogP contribution in [-0.4, -0.2) is 59.5 Å². The molecule has 4 aliphatic carbocycles. The molecule has 9 heteroatoms. The van der Waals surface area contributed by atoms with Gasteiger partial charge in [-0.3, -0.25) is 9.59 Å². The number of halogens is 2. The van der Waals surface area contributed by atoms with E-state index in [0.29, 0.717) is 23.1 Å². The van der Waals surface area contributed by atoms with E-state index in [1.807, 2.05) is 13.8 Å². The molecule has 210 valence electrons. The summed E-state index contributed by atoms with van der Waals surface area (Å²) < 4.78 is 48.2. The van der Waals surface area contributed by atoms with Crippen LogP contribution in [-0.2, 0) is 30.4 Å². The summed E-state index contributed by atoms with van der Waals surface area (Å²) in [6, 6.07) is 4.53. The van der Waals surface area contributed by atoms with Gasteiger partial charge in [0.2, 0.25) is 0 Å². The Kier molecular flexibility index (Phi) is 6.28. The molecule has 6 unspecified atom stereocenters. The Balaban J connectivity index is 1.38. The van der Waals surface area contributed by atoms with E-state index in [0.717, 1.165) is 0 Å². The van der Waals surface area contributed by atoms with Crippen LogP contribution in [0.3, 0.4) is 0 Å². The summed E-state index contributed by atoms with van der Waals surface area (Å²) in [5.41, 5.74) is -2.26. The lowest BCUT2D eigenvalue weighted by Gasteiger charge is -2.60. The molecule has 10 atom stereocenters. The monoisotopic (exact) mass is 544 g/mol. The van der Waals surface area contributed by atoms with Crippen molar-refractivity contribution in [2.24, 2.45) is 28.6 Å². The summed E-state index contributed by atoms with van der Waals surface area (Å²) in [5, 5.41) is 21.7. The van der Waals surface area contributed by atoms with Crippen molar-refractivity contribution in [2.45, 2.75) is 70.0 Å². The second-order valence-corrected chi connectivity index (χ2v) is 12.2. The van der Waals surface area contributed by atoms with Crippen molar-refractivity contribution in [2.75, 3.05) is 13.7 Å². The van der Waals surface area contributed by atoms with Crippen LogP contribution in [0.25, 0.3) is 0 Å². The highest BCUT2D eigenvalue weighted by molar-refractivity contribution is 6.01. The zero-order valence-corrected chi connectivity index (χ0v) is 22.2. The van der Waals surface area contributed by atoms with Crippen molar-refractivity contribution in [3.8, 4) is 0 Å². The van der Waals surface area contributed by atoms with E-state index in [9.17, 15) is 24.2 Å². The van der Waals surface area contributed by atoms with Crippen LogP contribution in [0.1, 0.15) is 50.5 Å². The molecule has 1 saturated heterocycles. The fraction of sp³-hybridized carbons (Fsp3) is 0.600. The van der Waals surface area contributed by atoms with E-state index in [1.54, 1.807) is 18.2 Å². The molecule has 39 heavy (non-hydrogen) atoms. The van der Waals surface area contributed by atoms with Gasteiger partial charge < -0.3 is 24.4 Å². The maximum atomic E-state index is 15.7. The van der Waals surface area contributed by atoms with Gasteiger partial charge in [-0.1, -0.05) is 32.1 Å². The lowest BCUT2D eigenvalue weighted by Crippen LogP contribution is -2.64. The minimum atomic E-state index is -1.59. The van der Waals surface area contributed by atoms with Crippen molar-refractivity contribution in [3.63, 3.8) is 0 Å². The number of rotatable bonds is 5. The minimum absolute atomic E-state index is 0.100. The van der Waals surface area contributed by atoms with Crippen LogP contribution in [0.2, 0.25) is 0 Å². The summed E-state index contributed by atoms with van der Waals surface area (Å²) in [7, 11) is 1.47. The van der Waals surface area contributed by atoms with Gasteiger partial charge in [0.05, 0.1) is 18.8 Å². The summed E-state index contributed by atoms with van der Waals surface area (Å²) >= 11 is 0. The second kappa shape index (κ2) is 9.11. The highest BCUT2D eigenvalue weighted by Crippen LogP contribution is 2.70. The number of aliphatic hydroxyl groups is 2. The first-order chi connectivity index (χ1) is 18.5. The van der Waals surface area contributed by atoms with Gasteiger partial charge in [0.1, 0.15) is 18.6 Å². The quantitative estimate of drug-likeness (QED) is 0.585. The number of benzene rings is 1. The molecule has 1 heterocycles. The van der Waals surface area contributed by atoms with Crippen LogP contribution < -0.4 is 0 Å². The summed E-state index contributed by atoms with van der Waals surface area (Å²) in [4.78, 5) is 25.6. The molecule has 1 aromatic carbocycles. The van der Waals surface area contributed by atoms with Crippen molar-refractivity contribution in [1.29, 1.82) is 0 Å². The smallest absolute Gasteiger partial charge is 0.193 e. The normalized spacial score (nSPS) is 44.3. The Labute approximate surface area is 225 Å². The van der Waals surface area contributed by atoms with Gasteiger partial charge >= 0.3 is 0 Å². The van der Waals surface area contributed by atoms with Crippen LogP contribution in [0, 0.1) is 34.4 Å². The fourth-order valence-electron chi connectivity index (χ4n) is 8.83. The Morgan fingerprint density at radius 2 is 2.03 bits per heavy atom. The number of fused-ring (bicyclic) bond motifs is 7. The highest BCUT2D eigenvalue weighted by Gasteiger charge is 2.76. The number of aliphatic hydroxyl groups excluding tert-OH is 2. The van der Waals surface area contributed by atoms with E-state index >= 15 is 4.39 Å². The Hall–Kier alpha value is -2.30. The number of ether oxygens (including phenoxy) is 3. The molecule has 0 aromatic heterocycles. The second-order valence-electron chi connectivity index (χ2n) is 12.2. The molecular weight excluding hydrogens is 510 g/mol. The maximum absolute atomic E-state index is 15.7. The van der Waals surface area contributed by atoms with Crippen molar-refractivity contribution in [1.82, 2.24) is 0 Å². The summed E-state index contributed by atoms with van der Waals surface area (Å²) in [6.45, 7) is 3.04. The van der Waals surface area contributed by atoms with Crippen molar-refractivity contribution < 1.29 is 42.8 Å². The van der Waals surface area contributed by atoms with Gasteiger partial charge in [-0.15, -0.1) is 0 Å². The van der Waals surface area contributed by atoms with Gasteiger partial charge in [-0.05, 0) is 54.9 Å². The van der Waals surface area contributed by atoms with E-state index in [1.165, 1.54) is 25.3 Å². The molecule has 4 fully saturated rings. The molecule has 1 aromatic rings. The van der Waals surface area contributed by atoms with Gasteiger partial charge in [0.15, 0.2) is 23.5 Å². The first kappa shape index (κ1) is 26.9. The number of ketones is 2. The van der Waals surface area contributed by atoms with E-state index in [2.05, 4.69) is 0 Å². The standard InChI is InChI=1S/C30H34F2O7/c1-28-7-6-17(34)9-20(28)22(32)10-18-19-11-25-30(24(36)13-33,29(19,2)12-23(35)26(18)28)39-27(38-25)15-4-5-16(14-37-3)21(31)8-15/h4-9,18-19,22-23,25-27,33,35H,10-14H2,1-3H3/t18?,19?,22-,23?,25+,26?,27+,28?,29?,30+/m0/s1. The Bertz CT molecular complexity index is 1280. The molecule has 2 N–H and O–H groups in total. The van der Waals surface area contributed by atoms with Gasteiger partial charge in [-0.25, -0.2) is 8.78 Å². The van der Waals surface area contributed by atoms with Gasteiger partial charge in [0.25, 0.3) is 0 Å². The first-order valence-corrected chi connectivity index (χ1v) is 13.5. The van der Waals surface area contributed by atoms with Crippen molar-refractivity contribution >= 4 is 11.6 Å². The number of carbonyl (C=O) groups excluding carboxylic acids is 2. The number of methoxy groups -OCH3 is 1. The molecule has 5 aliphatic rings.